The zero-order valence-electron chi connectivity index (χ0n) is 12.4. The number of rotatable bonds is 11. The third-order valence-corrected chi connectivity index (χ3v) is 3.76. The van der Waals surface area contributed by atoms with Gasteiger partial charge in [-0.2, -0.15) is 0 Å². The molecule has 0 aromatic carbocycles. The van der Waals surface area contributed by atoms with Crippen LogP contribution in [0.15, 0.2) is 0 Å². The second kappa shape index (κ2) is 10.8. The van der Waals surface area contributed by atoms with Crippen LogP contribution in [0, 0.1) is 17.8 Å². The minimum Gasteiger partial charge on any atom is -0.303 e. The van der Waals surface area contributed by atoms with Crippen molar-refractivity contribution in [2.75, 3.05) is 0 Å². The molecule has 0 heterocycles. The Labute approximate surface area is 108 Å². The van der Waals surface area contributed by atoms with E-state index in [0.717, 1.165) is 24.5 Å². The molecule has 0 rings (SSSR count). The molecule has 0 aliphatic heterocycles. The van der Waals surface area contributed by atoms with Crippen LogP contribution >= 0.6 is 0 Å². The molecule has 3 atom stereocenters. The monoisotopic (exact) mass is 240 g/mol. The standard InChI is InChI=1S/C16H32O/c1-5-8-14(2)9-6-10-15(3)11-7-12-16(4)13-17/h13-16H,5-12H2,1-4H3. The molecule has 0 bridgehead atoms. The van der Waals surface area contributed by atoms with Gasteiger partial charge in [0.05, 0.1) is 0 Å². The predicted molar refractivity (Wildman–Crippen MR) is 76.2 cm³/mol. The van der Waals surface area contributed by atoms with E-state index in [2.05, 4.69) is 20.8 Å². The summed E-state index contributed by atoms with van der Waals surface area (Å²) in [6, 6.07) is 0. The van der Waals surface area contributed by atoms with E-state index < -0.39 is 0 Å². The van der Waals surface area contributed by atoms with E-state index in [9.17, 15) is 4.79 Å². The van der Waals surface area contributed by atoms with Gasteiger partial charge in [-0.15, -0.1) is 0 Å². The molecule has 0 saturated carbocycles. The largest absolute Gasteiger partial charge is 0.303 e. The molecule has 102 valence electrons. The second-order valence-electron chi connectivity index (χ2n) is 5.97. The zero-order valence-corrected chi connectivity index (χ0v) is 12.4. The molecular weight excluding hydrogens is 208 g/mol. The summed E-state index contributed by atoms with van der Waals surface area (Å²) >= 11 is 0. The highest BCUT2D eigenvalue weighted by atomic mass is 16.1. The van der Waals surface area contributed by atoms with Gasteiger partial charge in [0.1, 0.15) is 6.29 Å². The molecule has 17 heavy (non-hydrogen) atoms. The van der Waals surface area contributed by atoms with Crippen LogP contribution in [0.1, 0.15) is 79.1 Å². The van der Waals surface area contributed by atoms with Gasteiger partial charge in [0.2, 0.25) is 0 Å². The maximum atomic E-state index is 10.5. The Bertz CT molecular complexity index is 176. The normalized spacial score (nSPS) is 16.5. The van der Waals surface area contributed by atoms with Crippen molar-refractivity contribution < 1.29 is 4.79 Å². The van der Waals surface area contributed by atoms with E-state index in [0.29, 0.717) is 0 Å². The topological polar surface area (TPSA) is 17.1 Å². The first-order valence-electron chi connectivity index (χ1n) is 7.55. The van der Waals surface area contributed by atoms with Crippen LogP contribution in [0.4, 0.5) is 0 Å². The number of hydrogen-bond acceptors (Lipinski definition) is 1. The molecule has 0 amide bonds. The first-order chi connectivity index (χ1) is 8.10. The summed E-state index contributed by atoms with van der Waals surface area (Å²) in [5.41, 5.74) is 0. The number of hydrogen-bond donors (Lipinski definition) is 0. The molecule has 0 radical (unpaired) electrons. The fourth-order valence-electron chi connectivity index (χ4n) is 2.45. The van der Waals surface area contributed by atoms with E-state index in [4.69, 9.17) is 0 Å². The number of carbonyl (C=O) groups is 1. The molecule has 0 aliphatic carbocycles. The van der Waals surface area contributed by atoms with Gasteiger partial charge in [0.25, 0.3) is 0 Å². The van der Waals surface area contributed by atoms with Crippen LogP contribution in [-0.4, -0.2) is 6.29 Å². The van der Waals surface area contributed by atoms with E-state index in [-0.39, 0.29) is 5.92 Å². The summed E-state index contributed by atoms with van der Waals surface area (Å²) in [4.78, 5) is 10.5. The summed E-state index contributed by atoms with van der Waals surface area (Å²) < 4.78 is 0. The highest BCUT2D eigenvalue weighted by Crippen LogP contribution is 2.20. The Balaban J connectivity index is 3.40. The van der Waals surface area contributed by atoms with Crippen molar-refractivity contribution >= 4 is 6.29 Å². The van der Waals surface area contributed by atoms with E-state index in [1.165, 1.54) is 44.9 Å². The summed E-state index contributed by atoms with van der Waals surface area (Å²) in [5, 5.41) is 0. The van der Waals surface area contributed by atoms with Crippen LogP contribution in [0.25, 0.3) is 0 Å². The van der Waals surface area contributed by atoms with Gasteiger partial charge in [-0.05, 0) is 18.3 Å². The Hall–Kier alpha value is -0.330. The van der Waals surface area contributed by atoms with Gasteiger partial charge in [-0.1, -0.05) is 72.6 Å². The summed E-state index contributed by atoms with van der Waals surface area (Å²) in [5.74, 6) is 2.00. The Kier molecular flexibility index (Phi) is 10.6. The smallest absolute Gasteiger partial charge is 0.122 e. The highest BCUT2D eigenvalue weighted by molar-refractivity contribution is 5.52. The Morgan fingerprint density at radius 1 is 0.824 bits per heavy atom. The molecule has 0 aromatic heterocycles. The first-order valence-corrected chi connectivity index (χ1v) is 7.55. The third-order valence-electron chi connectivity index (χ3n) is 3.76. The second-order valence-corrected chi connectivity index (χ2v) is 5.97. The predicted octanol–water partition coefficient (Wildman–Crippen LogP) is 5.23. The van der Waals surface area contributed by atoms with Crippen molar-refractivity contribution in [3.8, 4) is 0 Å². The molecule has 1 heteroatoms. The summed E-state index contributed by atoms with van der Waals surface area (Å²) in [6.07, 6.45) is 11.5. The van der Waals surface area contributed by atoms with Gasteiger partial charge in [0.15, 0.2) is 0 Å². The molecule has 0 spiro atoms. The first kappa shape index (κ1) is 16.7. The lowest BCUT2D eigenvalue weighted by Crippen LogP contribution is -2.01. The Morgan fingerprint density at radius 2 is 1.29 bits per heavy atom. The van der Waals surface area contributed by atoms with Crippen molar-refractivity contribution in [2.24, 2.45) is 17.8 Å². The van der Waals surface area contributed by atoms with Gasteiger partial charge < -0.3 is 4.79 Å². The lowest BCUT2D eigenvalue weighted by atomic mass is 9.92. The molecule has 0 aromatic rings. The quantitative estimate of drug-likeness (QED) is 0.452. The Morgan fingerprint density at radius 3 is 1.76 bits per heavy atom. The molecule has 0 N–H and O–H groups in total. The lowest BCUT2D eigenvalue weighted by Gasteiger charge is -2.14. The average molecular weight is 240 g/mol. The molecule has 0 saturated heterocycles. The van der Waals surface area contributed by atoms with Crippen LogP contribution < -0.4 is 0 Å². The maximum Gasteiger partial charge on any atom is 0.122 e. The zero-order chi connectivity index (χ0) is 13.1. The van der Waals surface area contributed by atoms with E-state index in [1.807, 2.05) is 6.92 Å². The van der Waals surface area contributed by atoms with Crippen LogP contribution in [-0.2, 0) is 4.79 Å². The SMILES string of the molecule is CCCC(C)CCCC(C)CCCC(C)C=O. The van der Waals surface area contributed by atoms with Crippen LogP contribution in [0.2, 0.25) is 0 Å². The maximum absolute atomic E-state index is 10.5. The van der Waals surface area contributed by atoms with Crippen LogP contribution in [0.5, 0.6) is 0 Å². The molecule has 3 unspecified atom stereocenters. The van der Waals surface area contributed by atoms with Gasteiger partial charge in [-0.3, -0.25) is 0 Å². The number of aldehydes is 1. The average Bonchev–Trinajstić information content (AvgIpc) is 2.29. The molecular formula is C16H32O. The van der Waals surface area contributed by atoms with Gasteiger partial charge in [0, 0.05) is 5.92 Å². The fourth-order valence-corrected chi connectivity index (χ4v) is 2.45. The van der Waals surface area contributed by atoms with Crippen LogP contribution in [0.3, 0.4) is 0 Å². The van der Waals surface area contributed by atoms with Crippen molar-refractivity contribution in [3.05, 3.63) is 0 Å². The van der Waals surface area contributed by atoms with E-state index in [1.54, 1.807) is 0 Å². The minimum absolute atomic E-state index is 0.256. The van der Waals surface area contributed by atoms with E-state index >= 15 is 0 Å². The molecule has 0 aliphatic rings. The van der Waals surface area contributed by atoms with Crippen molar-refractivity contribution in [3.63, 3.8) is 0 Å². The van der Waals surface area contributed by atoms with Crippen molar-refractivity contribution in [1.29, 1.82) is 0 Å². The van der Waals surface area contributed by atoms with Crippen molar-refractivity contribution in [2.45, 2.75) is 79.1 Å². The van der Waals surface area contributed by atoms with Gasteiger partial charge >= 0.3 is 0 Å². The van der Waals surface area contributed by atoms with Gasteiger partial charge in [-0.25, -0.2) is 0 Å². The minimum atomic E-state index is 0.256. The molecule has 0 fully saturated rings. The molecule has 1 nitrogen and oxygen atoms in total. The van der Waals surface area contributed by atoms with Crippen molar-refractivity contribution in [1.82, 2.24) is 0 Å². The summed E-state index contributed by atoms with van der Waals surface area (Å²) in [7, 11) is 0. The third kappa shape index (κ3) is 10.5. The summed E-state index contributed by atoms with van der Waals surface area (Å²) in [6.45, 7) is 9.02. The fraction of sp³-hybridized carbons (Fsp3) is 0.938. The number of carbonyl (C=O) groups excluding carboxylic acids is 1. The lowest BCUT2D eigenvalue weighted by molar-refractivity contribution is -0.110. The highest BCUT2D eigenvalue weighted by Gasteiger charge is 2.06.